The lowest BCUT2D eigenvalue weighted by Crippen LogP contribution is -2.59. The molecule has 6 nitrogen and oxygen atoms in total. The fourth-order valence-electron chi connectivity index (χ4n) is 5.09. The third-order valence-corrected chi connectivity index (χ3v) is 7.70. The highest BCUT2D eigenvalue weighted by Gasteiger charge is 2.39. The summed E-state index contributed by atoms with van der Waals surface area (Å²) >= 11 is 1.94. The molecule has 4 rings (SSSR count). The van der Waals surface area contributed by atoms with Crippen molar-refractivity contribution in [2.24, 2.45) is 5.92 Å². The fraction of sp³-hybridized carbons (Fsp3) is 0.652. The second-order valence-corrected chi connectivity index (χ2v) is 9.68. The number of piperazine rings is 1. The van der Waals surface area contributed by atoms with Crippen LogP contribution >= 0.6 is 11.8 Å². The van der Waals surface area contributed by atoms with Gasteiger partial charge in [-0.25, -0.2) is 0 Å². The van der Waals surface area contributed by atoms with Gasteiger partial charge in [0.1, 0.15) is 5.75 Å². The monoisotopic (exact) mass is 431 g/mol. The number of carbonyl (C=O) groups excluding carboxylic acids is 2. The molecule has 0 aromatic heterocycles. The van der Waals surface area contributed by atoms with Crippen molar-refractivity contribution >= 4 is 23.6 Å². The molecule has 1 unspecified atom stereocenters. The van der Waals surface area contributed by atoms with Crippen molar-refractivity contribution in [2.75, 3.05) is 57.9 Å². The van der Waals surface area contributed by atoms with Crippen LogP contribution in [0.15, 0.2) is 24.3 Å². The average Bonchev–Trinajstić information content (AvgIpc) is 3.34. The Morgan fingerprint density at radius 1 is 0.967 bits per heavy atom. The maximum Gasteiger partial charge on any atom is 0.257 e. The second kappa shape index (κ2) is 10.1. The van der Waals surface area contributed by atoms with Gasteiger partial charge in [0.05, 0.1) is 18.7 Å². The molecule has 0 bridgehead atoms. The minimum absolute atomic E-state index is 0.0147. The maximum absolute atomic E-state index is 13.5. The Morgan fingerprint density at radius 3 is 2.30 bits per heavy atom. The van der Waals surface area contributed by atoms with E-state index in [1.165, 1.54) is 12.8 Å². The predicted molar refractivity (Wildman–Crippen MR) is 120 cm³/mol. The van der Waals surface area contributed by atoms with E-state index in [1.807, 2.05) is 40.9 Å². The molecule has 1 aromatic rings. The Morgan fingerprint density at radius 2 is 1.63 bits per heavy atom. The highest BCUT2D eigenvalue weighted by molar-refractivity contribution is 7.99. The van der Waals surface area contributed by atoms with Gasteiger partial charge in [0.25, 0.3) is 5.91 Å². The molecule has 2 amide bonds. The summed E-state index contributed by atoms with van der Waals surface area (Å²) in [5.41, 5.74) is 0.614. The van der Waals surface area contributed by atoms with Crippen molar-refractivity contribution < 1.29 is 14.3 Å². The lowest BCUT2D eigenvalue weighted by molar-refractivity contribution is -0.139. The van der Waals surface area contributed by atoms with Crippen molar-refractivity contribution in [1.29, 1.82) is 0 Å². The molecule has 2 aliphatic heterocycles. The van der Waals surface area contributed by atoms with Gasteiger partial charge in [-0.2, -0.15) is 11.8 Å². The highest BCUT2D eigenvalue weighted by Crippen LogP contribution is 2.32. The summed E-state index contributed by atoms with van der Waals surface area (Å²) in [6.07, 6.45) is 4.77. The van der Waals surface area contributed by atoms with E-state index in [0.29, 0.717) is 36.2 Å². The van der Waals surface area contributed by atoms with E-state index in [0.717, 1.165) is 50.5 Å². The van der Waals surface area contributed by atoms with Gasteiger partial charge in [0.15, 0.2) is 0 Å². The predicted octanol–water partition coefficient (Wildman–Crippen LogP) is 2.59. The first-order chi connectivity index (χ1) is 14.7. The molecule has 2 saturated heterocycles. The molecule has 3 aliphatic rings. The van der Waals surface area contributed by atoms with Gasteiger partial charge in [0.2, 0.25) is 5.91 Å². The van der Waals surface area contributed by atoms with E-state index >= 15 is 0 Å². The minimum Gasteiger partial charge on any atom is -0.496 e. The Kier molecular flexibility index (Phi) is 7.20. The Hall–Kier alpha value is -1.73. The molecule has 1 aliphatic carbocycles. The van der Waals surface area contributed by atoms with Gasteiger partial charge in [-0.15, -0.1) is 0 Å². The summed E-state index contributed by atoms with van der Waals surface area (Å²) in [6, 6.07) is 7.39. The standard InChI is InChI=1S/C23H33N3O3S/c1-29-20-9-5-4-8-19(20)22(27)25-12-10-24(11-13-25)21(18-6-2-3-7-18)23(28)26-14-16-30-17-15-26/h4-5,8-9,18,21H,2-3,6-7,10-17H2,1H3. The number of rotatable bonds is 5. The van der Waals surface area contributed by atoms with Gasteiger partial charge < -0.3 is 14.5 Å². The molecular weight excluding hydrogens is 398 g/mol. The van der Waals surface area contributed by atoms with Crippen molar-refractivity contribution in [3.63, 3.8) is 0 Å². The van der Waals surface area contributed by atoms with Crippen LogP contribution in [0.2, 0.25) is 0 Å². The highest BCUT2D eigenvalue weighted by atomic mass is 32.2. The van der Waals surface area contributed by atoms with Gasteiger partial charge in [0, 0.05) is 50.8 Å². The zero-order valence-corrected chi connectivity index (χ0v) is 18.7. The third-order valence-electron chi connectivity index (χ3n) is 6.75. The topological polar surface area (TPSA) is 53.1 Å². The molecular formula is C23H33N3O3S. The average molecular weight is 432 g/mol. The quantitative estimate of drug-likeness (QED) is 0.717. The number of ether oxygens (including phenoxy) is 1. The number of hydrogen-bond acceptors (Lipinski definition) is 5. The summed E-state index contributed by atoms with van der Waals surface area (Å²) in [5.74, 6) is 3.51. The van der Waals surface area contributed by atoms with Crippen LogP contribution in [0.5, 0.6) is 5.75 Å². The molecule has 2 heterocycles. The smallest absolute Gasteiger partial charge is 0.257 e. The zero-order valence-electron chi connectivity index (χ0n) is 17.9. The maximum atomic E-state index is 13.5. The van der Waals surface area contributed by atoms with E-state index in [9.17, 15) is 9.59 Å². The van der Waals surface area contributed by atoms with Crippen LogP contribution in [-0.4, -0.2) is 90.4 Å². The molecule has 1 saturated carbocycles. The number of amides is 2. The normalized spacial score (nSPS) is 22.2. The van der Waals surface area contributed by atoms with Crippen LogP contribution in [0.3, 0.4) is 0 Å². The van der Waals surface area contributed by atoms with Crippen LogP contribution in [0.1, 0.15) is 36.0 Å². The van der Waals surface area contributed by atoms with Crippen LogP contribution in [0.4, 0.5) is 0 Å². The fourth-order valence-corrected chi connectivity index (χ4v) is 6.00. The third kappa shape index (κ3) is 4.62. The van der Waals surface area contributed by atoms with E-state index in [2.05, 4.69) is 9.80 Å². The first-order valence-electron chi connectivity index (χ1n) is 11.2. The molecule has 30 heavy (non-hydrogen) atoms. The van der Waals surface area contributed by atoms with E-state index < -0.39 is 0 Å². The number of thioether (sulfide) groups is 1. The summed E-state index contributed by atoms with van der Waals surface area (Å²) in [7, 11) is 1.60. The van der Waals surface area contributed by atoms with Gasteiger partial charge in [-0.3, -0.25) is 14.5 Å². The van der Waals surface area contributed by atoms with Crippen molar-refractivity contribution in [1.82, 2.24) is 14.7 Å². The number of nitrogens with zero attached hydrogens (tertiary/aromatic N) is 3. The number of hydrogen-bond donors (Lipinski definition) is 0. The Bertz CT molecular complexity index is 739. The lowest BCUT2D eigenvalue weighted by atomic mass is 9.94. The van der Waals surface area contributed by atoms with Crippen molar-refractivity contribution in [2.45, 2.75) is 31.7 Å². The summed E-state index contributed by atoms with van der Waals surface area (Å²) in [6.45, 7) is 4.58. The van der Waals surface area contributed by atoms with Gasteiger partial charge in [-0.05, 0) is 30.9 Å². The molecule has 0 radical (unpaired) electrons. The first kappa shape index (κ1) is 21.5. The van der Waals surface area contributed by atoms with Crippen molar-refractivity contribution in [3.8, 4) is 5.75 Å². The summed E-state index contributed by atoms with van der Waals surface area (Å²) in [5, 5.41) is 0. The summed E-state index contributed by atoms with van der Waals surface area (Å²) in [4.78, 5) is 32.9. The largest absolute Gasteiger partial charge is 0.496 e. The number of methoxy groups -OCH3 is 1. The van der Waals surface area contributed by atoms with Gasteiger partial charge >= 0.3 is 0 Å². The van der Waals surface area contributed by atoms with E-state index in [-0.39, 0.29) is 11.9 Å². The molecule has 0 N–H and O–H groups in total. The van der Waals surface area contributed by atoms with E-state index in [1.54, 1.807) is 7.11 Å². The second-order valence-electron chi connectivity index (χ2n) is 8.46. The SMILES string of the molecule is COc1ccccc1C(=O)N1CCN(C(C(=O)N2CCSCC2)C2CCCC2)CC1. The first-order valence-corrected chi connectivity index (χ1v) is 12.4. The van der Waals surface area contributed by atoms with E-state index in [4.69, 9.17) is 4.74 Å². The molecule has 7 heteroatoms. The van der Waals surface area contributed by atoms with Crippen LogP contribution in [-0.2, 0) is 4.79 Å². The zero-order chi connectivity index (χ0) is 20.9. The Balaban J connectivity index is 1.43. The van der Waals surface area contributed by atoms with Gasteiger partial charge in [-0.1, -0.05) is 25.0 Å². The van der Waals surface area contributed by atoms with Crippen LogP contribution < -0.4 is 4.74 Å². The molecule has 1 atom stereocenters. The lowest BCUT2D eigenvalue weighted by Gasteiger charge is -2.43. The molecule has 1 aromatic carbocycles. The number of benzene rings is 1. The number of para-hydroxylation sites is 1. The Labute approximate surface area is 183 Å². The molecule has 0 spiro atoms. The number of carbonyl (C=O) groups is 2. The van der Waals surface area contributed by atoms with Crippen LogP contribution in [0.25, 0.3) is 0 Å². The van der Waals surface area contributed by atoms with Crippen LogP contribution in [0, 0.1) is 5.92 Å². The van der Waals surface area contributed by atoms with Crippen molar-refractivity contribution in [3.05, 3.63) is 29.8 Å². The molecule has 164 valence electrons. The summed E-state index contributed by atoms with van der Waals surface area (Å²) < 4.78 is 5.37. The molecule has 3 fully saturated rings. The minimum atomic E-state index is -0.0147.